The molecule has 1 aliphatic heterocycles. The van der Waals surface area contributed by atoms with E-state index in [1.165, 1.54) is 0 Å². The van der Waals surface area contributed by atoms with Crippen molar-refractivity contribution in [1.82, 2.24) is 0 Å². The maximum atomic E-state index is 10.7. The summed E-state index contributed by atoms with van der Waals surface area (Å²) in [7, 11) is -3.43. The third-order valence-electron chi connectivity index (χ3n) is 1.02. The van der Waals surface area contributed by atoms with Crippen LogP contribution in [0.5, 0.6) is 0 Å². The molecule has 2 heterocycles. The lowest BCUT2D eigenvalue weighted by atomic mass is 10.2. The molecule has 0 saturated carbocycles. The Hall–Kier alpha value is -1.83. The fourth-order valence-electron chi connectivity index (χ4n) is 0.541. The Morgan fingerprint density at radius 2 is 1.93 bits per heavy atom. The van der Waals surface area contributed by atoms with Gasteiger partial charge in [-0.25, -0.2) is 14.4 Å². The van der Waals surface area contributed by atoms with E-state index in [0.717, 1.165) is 0 Å². The first kappa shape index (κ1) is 8.76. The zero-order chi connectivity index (χ0) is 10.1. The van der Waals surface area contributed by atoms with Gasteiger partial charge in [-0.05, 0) is 0 Å². The van der Waals surface area contributed by atoms with Crippen LogP contribution in [0.25, 0.3) is 0 Å². The summed E-state index contributed by atoms with van der Waals surface area (Å²) >= 11 is 0. The van der Waals surface area contributed by atoms with Crippen molar-refractivity contribution in [3.8, 4) is 0 Å². The maximum absolute atomic E-state index is 10.7. The number of rotatable bonds is 2. The number of carbonyl (C=O) groups is 2. The van der Waals surface area contributed by atoms with Crippen molar-refractivity contribution < 1.29 is 36.5 Å². The van der Waals surface area contributed by atoms with Gasteiger partial charge in [0.2, 0.25) is 0 Å². The first-order valence-electron chi connectivity index (χ1n) is 3.09. The Labute approximate surface area is 76.0 Å². The molecule has 0 N–H and O–H groups in total. The molecule has 0 unspecified atom stereocenters. The standard InChI is InChI=1S/C3BO9P/c5-1-8-4(9-1)10-2(6)11-14-12-3(7)13-14. The predicted octanol–water partition coefficient (Wildman–Crippen LogP) is -0.0637. The molecule has 9 nitrogen and oxygen atoms in total. The molecule has 2 rings (SSSR count). The summed E-state index contributed by atoms with van der Waals surface area (Å²) < 4.78 is 25.2. The van der Waals surface area contributed by atoms with E-state index in [0.29, 0.717) is 0 Å². The summed E-state index contributed by atoms with van der Waals surface area (Å²) in [6.07, 6.45) is -2.19. The molecule has 0 amide bonds. The first-order chi connectivity index (χ1) is 6.63. The molecule has 11 heteroatoms. The van der Waals surface area contributed by atoms with Crippen molar-refractivity contribution in [2.24, 2.45) is 0 Å². The lowest BCUT2D eigenvalue weighted by Gasteiger charge is -2.18. The maximum Gasteiger partial charge on any atom is 0.877 e. The molecule has 0 radical (unpaired) electrons. The van der Waals surface area contributed by atoms with Gasteiger partial charge in [-0.2, -0.15) is 0 Å². The van der Waals surface area contributed by atoms with Crippen LogP contribution in [-0.2, 0) is 14.0 Å². The van der Waals surface area contributed by atoms with Crippen LogP contribution in [0.2, 0.25) is 0 Å². The summed E-state index contributed by atoms with van der Waals surface area (Å²) in [5.41, 5.74) is 0. The van der Waals surface area contributed by atoms with Crippen LogP contribution in [-0.4, -0.2) is 19.6 Å². The van der Waals surface area contributed by atoms with Crippen LogP contribution in [0.4, 0.5) is 9.59 Å². The molecule has 1 saturated heterocycles. The van der Waals surface area contributed by atoms with E-state index < -0.39 is 33.7 Å². The SMILES string of the molecule is O=C1OB(OC(=O)Op2oc(=O)o2)O1. The highest BCUT2D eigenvalue weighted by Crippen LogP contribution is 2.22. The summed E-state index contributed by atoms with van der Waals surface area (Å²) in [6.45, 7) is 0. The van der Waals surface area contributed by atoms with Gasteiger partial charge in [0.05, 0.1) is 0 Å². The third kappa shape index (κ3) is 1.74. The topological polar surface area (TPSA) is 114 Å². The Balaban J connectivity index is 1.75. The highest BCUT2D eigenvalue weighted by molar-refractivity contribution is 7.32. The minimum absolute atomic E-state index is 0.935. The zero-order valence-electron chi connectivity index (χ0n) is 6.20. The normalized spacial score (nSPS) is 14.0. The van der Waals surface area contributed by atoms with Gasteiger partial charge in [0.15, 0.2) is 0 Å². The second-order valence-corrected chi connectivity index (χ2v) is 2.88. The molecule has 1 aromatic heterocycles. The second-order valence-electron chi connectivity index (χ2n) is 1.89. The summed E-state index contributed by atoms with van der Waals surface area (Å²) in [4.78, 5) is 30.8. The van der Waals surface area contributed by atoms with Crippen LogP contribution in [0.3, 0.4) is 0 Å². The molecule has 0 aliphatic carbocycles. The average Bonchev–Trinajstić information content (AvgIpc) is 1.98. The Morgan fingerprint density at radius 3 is 2.43 bits per heavy atom. The van der Waals surface area contributed by atoms with E-state index in [4.69, 9.17) is 0 Å². The van der Waals surface area contributed by atoms with Crippen molar-refractivity contribution >= 4 is 27.9 Å². The van der Waals surface area contributed by atoms with Crippen molar-refractivity contribution in [2.45, 2.75) is 0 Å². The fourth-order valence-corrected chi connectivity index (χ4v) is 1.04. The number of hydrogen-bond acceptors (Lipinski definition) is 9. The third-order valence-corrected chi connectivity index (χ3v) is 1.92. The quantitative estimate of drug-likeness (QED) is 0.633. The van der Waals surface area contributed by atoms with Crippen molar-refractivity contribution in [3.63, 3.8) is 0 Å². The largest absolute Gasteiger partial charge is 0.877 e. The zero-order valence-corrected chi connectivity index (χ0v) is 7.09. The van der Waals surface area contributed by atoms with E-state index in [9.17, 15) is 14.4 Å². The highest BCUT2D eigenvalue weighted by Gasteiger charge is 2.47. The van der Waals surface area contributed by atoms with Gasteiger partial charge in [-0.15, -0.1) is 0 Å². The van der Waals surface area contributed by atoms with Crippen molar-refractivity contribution in [2.75, 3.05) is 0 Å². The Kier molecular flexibility index (Phi) is 1.97. The summed E-state index contributed by atoms with van der Waals surface area (Å²) in [5.74, 6) is -0.935. The molecule has 74 valence electrons. The Bertz CT molecular complexity index is 388. The van der Waals surface area contributed by atoms with E-state index >= 15 is 0 Å². The molecular formula is C3BO9P. The predicted molar refractivity (Wildman–Crippen MR) is 36.3 cm³/mol. The van der Waals surface area contributed by atoms with Crippen molar-refractivity contribution in [1.29, 1.82) is 0 Å². The van der Waals surface area contributed by atoms with E-state index in [1.807, 2.05) is 0 Å². The van der Waals surface area contributed by atoms with Gasteiger partial charge in [-0.1, -0.05) is 0 Å². The first-order valence-corrected chi connectivity index (χ1v) is 4.19. The average molecular weight is 222 g/mol. The second kappa shape index (κ2) is 3.15. The van der Waals surface area contributed by atoms with Crippen LogP contribution >= 0.6 is 8.24 Å². The smallest absolute Gasteiger partial charge is 0.430 e. The van der Waals surface area contributed by atoms with Gasteiger partial charge in [0.25, 0.3) is 0 Å². The number of hydrogen-bond donors (Lipinski definition) is 0. The highest BCUT2D eigenvalue weighted by atomic mass is 31.1. The molecule has 0 spiro atoms. The van der Waals surface area contributed by atoms with E-state index in [-0.39, 0.29) is 0 Å². The molecule has 1 aromatic rings. The van der Waals surface area contributed by atoms with Crippen LogP contribution in [0.1, 0.15) is 0 Å². The van der Waals surface area contributed by atoms with Crippen LogP contribution in [0, 0.1) is 0 Å². The molecule has 1 fully saturated rings. The minimum atomic E-state index is -2.02. The van der Waals surface area contributed by atoms with Crippen molar-refractivity contribution in [3.05, 3.63) is 10.6 Å². The minimum Gasteiger partial charge on any atom is -0.430 e. The van der Waals surface area contributed by atoms with Gasteiger partial charge < -0.3 is 26.9 Å². The molecular weight excluding hydrogens is 222 g/mol. The number of carbonyl (C=O) groups excluding carboxylic acids is 2. The van der Waals surface area contributed by atoms with E-state index in [1.54, 1.807) is 0 Å². The molecule has 14 heavy (non-hydrogen) atoms. The molecule has 0 aromatic carbocycles. The van der Waals surface area contributed by atoms with Gasteiger partial charge >= 0.3 is 33.7 Å². The van der Waals surface area contributed by atoms with Crippen LogP contribution in [0.15, 0.2) is 13.2 Å². The summed E-state index contributed by atoms with van der Waals surface area (Å²) in [5, 5.41) is 0. The van der Waals surface area contributed by atoms with Crippen LogP contribution < -0.4 is 10.3 Å². The van der Waals surface area contributed by atoms with Gasteiger partial charge in [-0.3, -0.25) is 0 Å². The fraction of sp³-hybridized carbons (Fsp3) is 0. The lowest BCUT2D eigenvalue weighted by molar-refractivity contribution is 0.0416. The summed E-state index contributed by atoms with van der Waals surface area (Å²) in [6, 6.07) is 0. The lowest BCUT2D eigenvalue weighted by Crippen LogP contribution is -2.44. The molecule has 0 atom stereocenters. The van der Waals surface area contributed by atoms with E-state index in [2.05, 4.69) is 26.9 Å². The molecule has 1 aliphatic rings. The Morgan fingerprint density at radius 1 is 1.29 bits per heavy atom. The van der Waals surface area contributed by atoms with Gasteiger partial charge in [0, 0.05) is 0 Å². The molecule has 0 bridgehead atoms. The monoisotopic (exact) mass is 222 g/mol. The van der Waals surface area contributed by atoms with Gasteiger partial charge in [0.1, 0.15) is 0 Å².